The van der Waals surface area contributed by atoms with Gasteiger partial charge in [-0.15, -0.1) is 11.3 Å². The SMILES string of the molecule is CN1CCN(c2nc(C(C)(C)C)c(CC#N)s2)CC1. The molecular formula is C14H22N4S. The van der Waals surface area contributed by atoms with Crippen LogP contribution in [0, 0.1) is 11.3 Å². The van der Waals surface area contributed by atoms with Crippen molar-refractivity contribution in [2.45, 2.75) is 32.6 Å². The lowest BCUT2D eigenvalue weighted by molar-refractivity contribution is 0.312. The molecule has 0 spiro atoms. The molecule has 1 aliphatic heterocycles. The van der Waals surface area contributed by atoms with Crippen molar-refractivity contribution < 1.29 is 0 Å². The third-order valence-electron chi connectivity index (χ3n) is 3.41. The highest BCUT2D eigenvalue weighted by Gasteiger charge is 2.26. The van der Waals surface area contributed by atoms with E-state index in [0.717, 1.165) is 41.9 Å². The number of piperazine rings is 1. The monoisotopic (exact) mass is 278 g/mol. The average molecular weight is 278 g/mol. The highest BCUT2D eigenvalue weighted by molar-refractivity contribution is 7.15. The zero-order valence-corrected chi connectivity index (χ0v) is 13.0. The molecule has 1 aromatic rings. The normalized spacial score (nSPS) is 17.5. The fraction of sp³-hybridized carbons (Fsp3) is 0.714. The maximum Gasteiger partial charge on any atom is 0.185 e. The number of nitrogens with zero attached hydrogens (tertiary/aromatic N) is 4. The number of likely N-dealkylation sites (N-methyl/N-ethyl adjacent to an activating group) is 1. The maximum absolute atomic E-state index is 8.97. The Morgan fingerprint density at radius 3 is 2.42 bits per heavy atom. The number of rotatable bonds is 2. The van der Waals surface area contributed by atoms with Gasteiger partial charge in [-0.3, -0.25) is 0 Å². The lowest BCUT2D eigenvalue weighted by Crippen LogP contribution is -2.44. The molecule has 0 unspecified atom stereocenters. The van der Waals surface area contributed by atoms with Crippen LogP contribution in [0.4, 0.5) is 5.13 Å². The quantitative estimate of drug-likeness (QED) is 0.832. The highest BCUT2D eigenvalue weighted by Crippen LogP contribution is 2.34. The summed E-state index contributed by atoms with van der Waals surface area (Å²) < 4.78 is 0. The molecule has 4 nitrogen and oxygen atoms in total. The first-order chi connectivity index (χ1) is 8.91. The molecule has 0 atom stereocenters. The van der Waals surface area contributed by atoms with Gasteiger partial charge in [0, 0.05) is 36.5 Å². The van der Waals surface area contributed by atoms with Gasteiger partial charge in [-0.2, -0.15) is 5.26 Å². The Labute approximate surface area is 119 Å². The van der Waals surface area contributed by atoms with Crippen molar-refractivity contribution in [3.63, 3.8) is 0 Å². The second-order valence-electron chi connectivity index (χ2n) is 6.14. The van der Waals surface area contributed by atoms with Gasteiger partial charge in [0.05, 0.1) is 18.2 Å². The van der Waals surface area contributed by atoms with Crippen molar-refractivity contribution in [3.8, 4) is 6.07 Å². The third-order valence-corrected chi connectivity index (χ3v) is 4.53. The summed E-state index contributed by atoms with van der Waals surface area (Å²) in [6.45, 7) is 10.7. The van der Waals surface area contributed by atoms with Crippen molar-refractivity contribution in [1.29, 1.82) is 5.26 Å². The number of aromatic nitrogens is 1. The maximum atomic E-state index is 8.97. The van der Waals surface area contributed by atoms with Gasteiger partial charge < -0.3 is 9.80 Å². The first-order valence-electron chi connectivity index (χ1n) is 6.72. The Bertz CT molecular complexity index is 473. The Balaban J connectivity index is 2.25. The standard InChI is InChI=1S/C14H22N4S/c1-14(2,3)12-11(5-6-15)19-13(16-12)18-9-7-17(4)8-10-18/h5,7-10H2,1-4H3. The largest absolute Gasteiger partial charge is 0.346 e. The van der Waals surface area contributed by atoms with E-state index in [9.17, 15) is 0 Å². The second kappa shape index (κ2) is 5.48. The predicted molar refractivity (Wildman–Crippen MR) is 79.8 cm³/mol. The highest BCUT2D eigenvalue weighted by atomic mass is 32.1. The van der Waals surface area contributed by atoms with E-state index >= 15 is 0 Å². The molecule has 1 aliphatic rings. The van der Waals surface area contributed by atoms with E-state index in [1.54, 1.807) is 11.3 Å². The fourth-order valence-corrected chi connectivity index (χ4v) is 3.50. The van der Waals surface area contributed by atoms with E-state index in [2.05, 4.69) is 43.7 Å². The molecular weight excluding hydrogens is 256 g/mol. The van der Waals surface area contributed by atoms with Crippen LogP contribution in [-0.2, 0) is 11.8 Å². The minimum absolute atomic E-state index is 0.00745. The van der Waals surface area contributed by atoms with Crippen LogP contribution in [0.25, 0.3) is 0 Å². The van der Waals surface area contributed by atoms with Gasteiger partial charge in [0.25, 0.3) is 0 Å². The number of thiazole rings is 1. The van der Waals surface area contributed by atoms with Crippen molar-refractivity contribution in [3.05, 3.63) is 10.6 Å². The Morgan fingerprint density at radius 2 is 1.89 bits per heavy atom. The van der Waals surface area contributed by atoms with Gasteiger partial charge in [-0.1, -0.05) is 20.8 Å². The summed E-state index contributed by atoms with van der Waals surface area (Å²) in [5.74, 6) is 0. The van der Waals surface area contributed by atoms with Crippen molar-refractivity contribution in [2.24, 2.45) is 0 Å². The van der Waals surface area contributed by atoms with Crippen LogP contribution in [-0.4, -0.2) is 43.1 Å². The van der Waals surface area contributed by atoms with Crippen LogP contribution >= 0.6 is 11.3 Å². The number of hydrogen-bond acceptors (Lipinski definition) is 5. The molecule has 0 aliphatic carbocycles. The van der Waals surface area contributed by atoms with Crippen LogP contribution in [0.1, 0.15) is 31.3 Å². The zero-order chi connectivity index (χ0) is 14.0. The van der Waals surface area contributed by atoms with Crippen molar-refractivity contribution in [2.75, 3.05) is 38.1 Å². The fourth-order valence-electron chi connectivity index (χ4n) is 2.25. The molecule has 0 amide bonds. The van der Waals surface area contributed by atoms with E-state index in [4.69, 9.17) is 10.2 Å². The first kappa shape index (κ1) is 14.3. The molecule has 2 rings (SSSR count). The van der Waals surface area contributed by atoms with E-state index < -0.39 is 0 Å². The molecule has 5 heteroatoms. The van der Waals surface area contributed by atoms with E-state index in [1.165, 1.54) is 0 Å². The molecule has 0 N–H and O–H groups in total. The van der Waals surface area contributed by atoms with Crippen LogP contribution in [0.5, 0.6) is 0 Å². The molecule has 1 saturated heterocycles. The van der Waals surface area contributed by atoms with Crippen LogP contribution in [0.2, 0.25) is 0 Å². The topological polar surface area (TPSA) is 43.2 Å². The summed E-state index contributed by atoms with van der Waals surface area (Å²) in [7, 11) is 2.15. The summed E-state index contributed by atoms with van der Waals surface area (Å²) in [5, 5.41) is 10.1. The minimum atomic E-state index is 0.00745. The Kier molecular flexibility index (Phi) is 4.12. The van der Waals surface area contributed by atoms with Crippen molar-refractivity contribution >= 4 is 16.5 Å². The summed E-state index contributed by atoms with van der Waals surface area (Å²) in [5.41, 5.74) is 1.10. The number of hydrogen-bond donors (Lipinski definition) is 0. The Hall–Kier alpha value is -1.12. The first-order valence-corrected chi connectivity index (χ1v) is 7.54. The molecule has 0 bridgehead atoms. The van der Waals surface area contributed by atoms with Crippen LogP contribution in [0.15, 0.2) is 0 Å². The summed E-state index contributed by atoms with van der Waals surface area (Å²) >= 11 is 1.69. The molecule has 1 fully saturated rings. The smallest absolute Gasteiger partial charge is 0.185 e. The predicted octanol–water partition coefficient (Wildman–Crippen LogP) is 2.26. The van der Waals surface area contributed by atoms with Crippen molar-refractivity contribution in [1.82, 2.24) is 9.88 Å². The third kappa shape index (κ3) is 3.26. The van der Waals surface area contributed by atoms with E-state index in [1.807, 2.05) is 0 Å². The molecule has 19 heavy (non-hydrogen) atoms. The molecule has 0 aromatic carbocycles. The van der Waals surface area contributed by atoms with Gasteiger partial charge in [0.1, 0.15) is 0 Å². The molecule has 2 heterocycles. The van der Waals surface area contributed by atoms with E-state index in [-0.39, 0.29) is 5.41 Å². The van der Waals surface area contributed by atoms with Gasteiger partial charge >= 0.3 is 0 Å². The number of anilines is 1. The van der Waals surface area contributed by atoms with Crippen LogP contribution in [0.3, 0.4) is 0 Å². The molecule has 0 saturated carbocycles. The lowest BCUT2D eigenvalue weighted by Gasteiger charge is -2.32. The minimum Gasteiger partial charge on any atom is -0.346 e. The summed E-state index contributed by atoms with van der Waals surface area (Å²) in [4.78, 5) is 10.6. The summed E-state index contributed by atoms with van der Waals surface area (Å²) in [6.07, 6.45) is 0.470. The van der Waals surface area contributed by atoms with Gasteiger partial charge in [-0.25, -0.2) is 4.98 Å². The Morgan fingerprint density at radius 1 is 1.26 bits per heavy atom. The van der Waals surface area contributed by atoms with Crippen LogP contribution < -0.4 is 4.90 Å². The zero-order valence-electron chi connectivity index (χ0n) is 12.2. The molecule has 0 radical (unpaired) electrons. The van der Waals surface area contributed by atoms with Gasteiger partial charge in [0.2, 0.25) is 0 Å². The molecule has 104 valence electrons. The number of nitriles is 1. The average Bonchev–Trinajstić information content (AvgIpc) is 2.74. The van der Waals surface area contributed by atoms with E-state index in [0.29, 0.717) is 6.42 Å². The lowest BCUT2D eigenvalue weighted by atomic mass is 9.91. The van der Waals surface area contributed by atoms with Gasteiger partial charge in [-0.05, 0) is 7.05 Å². The second-order valence-corrected chi connectivity index (χ2v) is 7.21. The molecule has 1 aromatic heterocycles. The summed E-state index contributed by atoms with van der Waals surface area (Å²) in [6, 6.07) is 2.26. The van der Waals surface area contributed by atoms with Gasteiger partial charge in [0.15, 0.2) is 5.13 Å².